The van der Waals surface area contributed by atoms with Gasteiger partial charge >= 0.3 is 5.97 Å². The maximum atomic E-state index is 13.1. The van der Waals surface area contributed by atoms with Gasteiger partial charge in [0.05, 0.1) is 31.5 Å². The van der Waals surface area contributed by atoms with Gasteiger partial charge in [0.15, 0.2) is 11.5 Å². The zero-order chi connectivity index (χ0) is 24.2. The van der Waals surface area contributed by atoms with Crippen LogP contribution in [0.1, 0.15) is 42.9 Å². The number of hydrazone groups is 1. The zero-order valence-corrected chi connectivity index (χ0v) is 19.6. The smallest absolute Gasteiger partial charge is 0.303 e. The van der Waals surface area contributed by atoms with Crippen LogP contribution in [-0.4, -0.2) is 46.9 Å². The lowest BCUT2D eigenvalue weighted by Gasteiger charge is -2.23. The van der Waals surface area contributed by atoms with E-state index in [-0.39, 0.29) is 30.3 Å². The van der Waals surface area contributed by atoms with E-state index in [1.165, 1.54) is 5.01 Å². The summed E-state index contributed by atoms with van der Waals surface area (Å²) in [4.78, 5) is 28.5. The number of halogens is 1. The second kappa shape index (κ2) is 10.1. The largest absolute Gasteiger partial charge is 0.493 e. The van der Waals surface area contributed by atoms with Crippen molar-refractivity contribution in [2.45, 2.75) is 31.7 Å². The van der Waals surface area contributed by atoms with Gasteiger partial charge in [0.1, 0.15) is 5.15 Å². The molecule has 0 saturated heterocycles. The molecule has 0 saturated carbocycles. The molecular weight excluding hydrogens is 458 g/mol. The lowest BCUT2D eigenvalue weighted by molar-refractivity contribution is -0.137. The first-order valence-electron chi connectivity index (χ1n) is 10.8. The molecule has 2 aromatic carbocycles. The Labute approximate surface area is 201 Å². The lowest BCUT2D eigenvalue weighted by atomic mass is 9.98. The van der Waals surface area contributed by atoms with Gasteiger partial charge in [0, 0.05) is 36.3 Å². The van der Waals surface area contributed by atoms with Crippen LogP contribution in [0, 0.1) is 0 Å². The molecule has 1 aromatic heterocycles. The molecule has 2 heterocycles. The number of aromatic nitrogens is 1. The third-order valence-electron chi connectivity index (χ3n) is 5.71. The molecule has 1 N–H and O–H groups in total. The molecule has 4 rings (SSSR count). The standard InChI is InChI=1S/C25H24ClN3O5/c1-33-21-12-16-11-17(25(26)27-18(16)14-22(21)34-2)20-13-19(15-7-4-3-5-8-15)28-29(20)23(30)9-6-10-24(31)32/h3-5,7-8,11-12,14,20H,6,9-10,13H2,1-2H3,(H,31,32)/t20-/m1/s1. The van der Waals surface area contributed by atoms with Gasteiger partial charge in [-0.05, 0) is 24.1 Å². The first-order valence-corrected chi connectivity index (χ1v) is 11.2. The number of hydrogen-bond acceptors (Lipinski definition) is 6. The van der Waals surface area contributed by atoms with Crippen molar-refractivity contribution in [3.8, 4) is 11.5 Å². The number of carbonyl (C=O) groups excluding carboxylic acids is 1. The predicted molar refractivity (Wildman–Crippen MR) is 129 cm³/mol. The average Bonchev–Trinajstić information content (AvgIpc) is 3.28. The minimum atomic E-state index is -0.939. The number of fused-ring (bicyclic) bond motifs is 1. The van der Waals surface area contributed by atoms with Crippen molar-refractivity contribution in [3.05, 3.63) is 64.8 Å². The number of aliphatic carboxylic acids is 1. The second-order valence-corrected chi connectivity index (χ2v) is 8.24. The fraction of sp³-hybridized carbons (Fsp3) is 0.280. The van der Waals surface area contributed by atoms with Crippen LogP contribution in [0.15, 0.2) is 53.6 Å². The molecule has 1 aliphatic rings. The normalized spacial score (nSPS) is 15.3. The molecule has 1 atom stereocenters. The van der Waals surface area contributed by atoms with Crippen molar-refractivity contribution in [2.24, 2.45) is 5.10 Å². The summed E-state index contributed by atoms with van der Waals surface area (Å²) in [5, 5.41) is 16.0. The molecular formula is C25H24ClN3O5. The molecule has 0 aliphatic carbocycles. The summed E-state index contributed by atoms with van der Waals surface area (Å²) in [5.41, 5.74) is 2.95. The molecule has 8 nitrogen and oxygen atoms in total. The van der Waals surface area contributed by atoms with Gasteiger partial charge in [-0.3, -0.25) is 9.59 Å². The first-order chi connectivity index (χ1) is 16.4. The van der Waals surface area contributed by atoms with E-state index in [0.29, 0.717) is 29.0 Å². The maximum Gasteiger partial charge on any atom is 0.303 e. The molecule has 1 amide bonds. The first kappa shape index (κ1) is 23.5. The van der Waals surface area contributed by atoms with Crippen LogP contribution in [0.25, 0.3) is 10.9 Å². The summed E-state index contributed by atoms with van der Waals surface area (Å²) in [5.74, 6) is -0.109. The highest BCUT2D eigenvalue weighted by molar-refractivity contribution is 6.30. The van der Waals surface area contributed by atoms with Crippen molar-refractivity contribution >= 4 is 40.1 Å². The minimum absolute atomic E-state index is 0.0675. The summed E-state index contributed by atoms with van der Waals surface area (Å²) in [6.45, 7) is 0. The predicted octanol–water partition coefficient (Wildman–Crippen LogP) is 4.84. The Hall–Kier alpha value is -3.65. The number of hydrogen-bond donors (Lipinski definition) is 1. The molecule has 9 heteroatoms. The van der Waals surface area contributed by atoms with Gasteiger partial charge in [-0.25, -0.2) is 9.99 Å². The van der Waals surface area contributed by atoms with Gasteiger partial charge in [-0.15, -0.1) is 0 Å². The van der Waals surface area contributed by atoms with Crippen LogP contribution in [0.2, 0.25) is 5.15 Å². The van der Waals surface area contributed by atoms with E-state index in [0.717, 1.165) is 16.7 Å². The molecule has 0 bridgehead atoms. The molecule has 0 fully saturated rings. The highest BCUT2D eigenvalue weighted by Crippen LogP contribution is 2.39. The number of carboxylic acids is 1. The third-order valence-corrected chi connectivity index (χ3v) is 6.02. The summed E-state index contributed by atoms with van der Waals surface area (Å²) in [6.07, 6.45) is 0.667. The molecule has 0 spiro atoms. The Morgan fingerprint density at radius 2 is 1.79 bits per heavy atom. The van der Waals surface area contributed by atoms with Crippen molar-refractivity contribution in [1.82, 2.24) is 9.99 Å². The molecule has 0 unspecified atom stereocenters. The number of carbonyl (C=O) groups is 2. The quantitative estimate of drug-likeness (QED) is 0.462. The van der Waals surface area contributed by atoms with E-state index in [1.807, 2.05) is 42.5 Å². The Morgan fingerprint density at radius 1 is 1.09 bits per heavy atom. The van der Waals surface area contributed by atoms with Gasteiger partial charge in [-0.1, -0.05) is 41.9 Å². The molecule has 34 heavy (non-hydrogen) atoms. The third kappa shape index (κ3) is 4.82. The second-order valence-electron chi connectivity index (χ2n) is 7.89. The van der Waals surface area contributed by atoms with Crippen molar-refractivity contribution < 1.29 is 24.2 Å². The molecule has 1 aliphatic heterocycles. The van der Waals surface area contributed by atoms with Crippen molar-refractivity contribution in [1.29, 1.82) is 0 Å². The summed E-state index contributed by atoms with van der Waals surface area (Å²) in [7, 11) is 3.11. The lowest BCUT2D eigenvalue weighted by Crippen LogP contribution is -2.27. The highest BCUT2D eigenvalue weighted by Gasteiger charge is 2.34. The molecule has 3 aromatic rings. The molecule has 0 radical (unpaired) electrons. The Morgan fingerprint density at radius 3 is 2.47 bits per heavy atom. The van der Waals surface area contributed by atoms with Crippen molar-refractivity contribution in [2.75, 3.05) is 14.2 Å². The van der Waals surface area contributed by atoms with E-state index in [4.69, 9.17) is 26.2 Å². The monoisotopic (exact) mass is 481 g/mol. The fourth-order valence-electron chi connectivity index (χ4n) is 4.02. The van der Waals surface area contributed by atoms with Crippen LogP contribution in [0.3, 0.4) is 0 Å². The van der Waals surface area contributed by atoms with Crippen molar-refractivity contribution in [3.63, 3.8) is 0 Å². The minimum Gasteiger partial charge on any atom is -0.493 e. The van der Waals surface area contributed by atoms with E-state index >= 15 is 0 Å². The number of amides is 1. The van der Waals surface area contributed by atoms with Crippen LogP contribution in [0.4, 0.5) is 0 Å². The Bertz CT molecular complexity index is 1260. The van der Waals surface area contributed by atoms with Crippen LogP contribution >= 0.6 is 11.6 Å². The van der Waals surface area contributed by atoms with E-state index in [1.54, 1.807) is 20.3 Å². The number of carboxylic acid groups (broad SMARTS) is 1. The number of pyridine rings is 1. The topological polar surface area (TPSA) is 101 Å². The average molecular weight is 482 g/mol. The fourth-order valence-corrected chi connectivity index (χ4v) is 4.29. The van der Waals surface area contributed by atoms with Gasteiger partial charge in [0.25, 0.3) is 0 Å². The van der Waals surface area contributed by atoms with Gasteiger partial charge in [0.2, 0.25) is 5.91 Å². The number of rotatable bonds is 8. The van der Waals surface area contributed by atoms with Crippen LogP contribution in [0.5, 0.6) is 11.5 Å². The van der Waals surface area contributed by atoms with E-state index in [2.05, 4.69) is 10.1 Å². The van der Waals surface area contributed by atoms with Gasteiger partial charge in [-0.2, -0.15) is 5.10 Å². The zero-order valence-electron chi connectivity index (χ0n) is 18.8. The van der Waals surface area contributed by atoms with Crippen LogP contribution < -0.4 is 9.47 Å². The SMILES string of the molecule is COc1cc2cc([C@H]3CC(c4ccccc4)=NN3C(=O)CCCC(=O)O)c(Cl)nc2cc1OC. The highest BCUT2D eigenvalue weighted by atomic mass is 35.5. The number of ether oxygens (including phenoxy) is 2. The number of nitrogens with zero attached hydrogens (tertiary/aromatic N) is 3. The number of benzene rings is 2. The maximum absolute atomic E-state index is 13.1. The van der Waals surface area contributed by atoms with Gasteiger partial charge < -0.3 is 14.6 Å². The Kier molecular flexibility index (Phi) is 6.98. The number of methoxy groups -OCH3 is 2. The summed E-state index contributed by atoms with van der Waals surface area (Å²) < 4.78 is 10.8. The van der Waals surface area contributed by atoms with E-state index < -0.39 is 12.0 Å². The summed E-state index contributed by atoms with van der Waals surface area (Å²) in [6, 6.07) is 14.6. The van der Waals surface area contributed by atoms with Crippen LogP contribution in [-0.2, 0) is 9.59 Å². The molecule has 176 valence electrons. The summed E-state index contributed by atoms with van der Waals surface area (Å²) >= 11 is 6.61. The Balaban J connectivity index is 1.73. The van der Waals surface area contributed by atoms with E-state index in [9.17, 15) is 9.59 Å².